The summed E-state index contributed by atoms with van der Waals surface area (Å²) in [6, 6.07) is 17.7. The molecule has 1 amide bonds. The molecule has 1 atom stereocenters. The molecule has 0 saturated carbocycles. The topological polar surface area (TPSA) is 88.4 Å². The summed E-state index contributed by atoms with van der Waals surface area (Å²) in [6.07, 6.45) is 0. The second-order valence-corrected chi connectivity index (χ2v) is 6.50. The van der Waals surface area contributed by atoms with Gasteiger partial charge in [-0.2, -0.15) is 5.26 Å². The van der Waals surface area contributed by atoms with Gasteiger partial charge in [-0.05, 0) is 37.1 Å². The first kappa shape index (κ1) is 20.0. The highest BCUT2D eigenvalue weighted by atomic mass is 16.5. The lowest BCUT2D eigenvalue weighted by atomic mass is 9.90. The zero-order valence-corrected chi connectivity index (χ0v) is 15.6. The molecule has 0 aliphatic rings. The minimum atomic E-state index is -1.03. The molecule has 0 bridgehead atoms. The fourth-order valence-corrected chi connectivity index (χ4v) is 2.18. The van der Waals surface area contributed by atoms with E-state index < -0.39 is 24.0 Å². The van der Waals surface area contributed by atoms with Crippen LogP contribution in [0.5, 0.6) is 11.5 Å². The van der Waals surface area contributed by atoms with Crippen LogP contribution in [0.15, 0.2) is 54.6 Å². The zero-order valence-electron chi connectivity index (χ0n) is 15.6. The van der Waals surface area contributed by atoms with Crippen molar-refractivity contribution >= 4 is 11.9 Å². The molecule has 0 unspecified atom stereocenters. The molecule has 27 heavy (non-hydrogen) atoms. The lowest BCUT2D eigenvalue weighted by molar-refractivity contribution is -0.125. The van der Waals surface area contributed by atoms with Crippen molar-refractivity contribution < 1.29 is 19.1 Å². The highest BCUT2D eigenvalue weighted by molar-refractivity contribution is 5.94. The van der Waals surface area contributed by atoms with E-state index in [1.807, 2.05) is 32.0 Å². The molecular formula is C21H22N2O4. The van der Waals surface area contributed by atoms with E-state index >= 15 is 0 Å². The summed E-state index contributed by atoms with van der Waals surface area (Å²) < 4.78 is 10.8. The Labute approximate surface area is 158 Å². The number of rotatable bonds is 7. The predicted molar refractivity (Wildman–Crippen MR) is 100 cm³/mol. The van der Waals surface area contributed by atoms with E-state index in [1.165, 1.54) is 0 Å². The van der Waals surface area contributed by atoms with E-state index in [9.17, 15) is 14.9 Å². The van der Waals surface area contributed by atoms with Gasteiger partial charge in [-0.15, -0.1) is 0 Å². The average molecular weight is 366 g/mol. The second-order valence-electron chi connectivity index (χ2n) is 6.50. The summed E-state index contributed by atoms with van der Waals surface area (Å²) in [5, 5.41) is 11.8. The lowest BCUT2D eigenvalue weighted by Gasteiger charge is -2.27. The van der Waals surface area contributed by atoms with Crippen molar-refractivity contribution in [3.63, 3.8) is 0 Å². The molecule has 0 aliphatic heterocycles. The quantitative estimate of drug-likeness (QED) is 0.755. The third kappa shape index (κ3) is 5.32. The van der Waals surface area contributed by atoms with Gasteiger partial charge in [0.2, 0.25) is 0 Å². The maximum atomic E-state index is 12.4. The highest BCUT2D eigenvalue weighted by Gasteiger charge is 2.30. The van der Waals surface area contributed by atoms with Crippen LogP contribution in [-0.4, -0.2) is 24.0 Å². The van der Waals surface area contributed by atoms with E-state index in [2.05, 4.69) is 11.4 Å². The number of nitrogens with one attached hydrogen (secondary N) is 1. The molecule has 140 valence electrons. The van der Waals surface area contributed by atoms with Gasteiger partial charge in [-0.1, -0.05) is 44.2 Å². The zero-order chi connectivity index (χ0) is 19.9. The summed E-state index contributed by atoms with van der Waals surface area (Å²) in [4.78, 5) is 24.4. The van der Waals surface area contributed by atoms with Gasteiger partial charge in [-0.25, -0.2) is 4.79 Å². The normalized spacial score (nSPS) is 12.6. The number of benzene rings is 2. The number of nitriles is 1. The van der Waals surface area contributed by atoms with E-state index in [4.69, 9.17) is 9.47 Å². The summed E-state index contributed by atoms with van der Waals surface area (Å²) in [5.41, 5.74) is -0.821. The van der Waals surface area contributed by atoms with Gasteiger partial charge in [-0.3, -0.25) is 4.79 Å². The van der Waals surface area contributed by atoms with Crippen molar-refractivity contribution in [2.75, 3.05) is 6.61 Å². The molecule has 0 saturated heterocycles. The van der Waals surface area contributed by atoms with E-state index in [0.29, 0.717) is 11.5 Å². The van der Waals surface area contributed by atoms with Crippen LogP contribution in [0.1, 0.15) is 31.1 Å². The summed E-state index contributed by atoms with van der Waals surface area (Å²) in [5.74, 6) is -0.403. The van der Waals surface area contributed by atoms with Crippen molar-refractivity contribution in [1.82, 2.24) is 5.32 Å². The summed E-state index contributed by atoms with van der Waals surface area (Å²) in [7, 11) is 0. The van der Waals surface area contributed by atoms with Gasteiger partial charge in [0, 0.05) is 0 Å². The maximum absolute atomic E-state index is 12.4. The number of ether oxygens (including phenoxy) is 2. The number of amides is 1. The average Bonchev–Trinajstić information content (AvgIpc) is 2.67. The Morgan fingerprint density at radius 3 is 2.37 bits per heavy atom. The predicted octanol–water partition coefficient (Wildman–Crippen LogP) is 3.69. The Balaban J connectivity index is 2.02. The SMILES string of the molecule is CC(C)[C@@](C)(C#N)NC(=O)COC(=O)c1ccccc1Oc1ccccc1. The van der Waals surface area contributed by atoms with Crippen LogP contribution in [0.2, 0.25) is 0 Å². The first-order chi connectivity index (χ1) is 12.9. The standard InChI is InChI=1S/C21H22N2O4/c1-15(2)21(3,14-22)23-19(24)13-26-20(25)17-11-7-8-12-18(17)27-16-9-5-4-6-10-16/h4-12,15H,13H2,1-3H3,(H,23,24)/t21-/m1/s1. The molecule has 0 heterocycles. The summed E-state index contributed by atoms with van der Waals surface area (Å²) >= 11 is 0. The summed E-state index contributed by atoms with van der Waals surface area (Å²) in [6.45, 7) is 4.79. The Bertz CT molecular complexity index is 843. The number of carbonyl (C=O) groups excluding carboxylic acids is 2. The Kier molecular flexibility index (Phi) is 6.56. The highest BCUT2D eigenvalue weighted by Crippen LogP contribution is 2.25. The lowest BCUT2D eigenvalue weighted by Crippen LogP contribution is -2.50. The van der Waals surface area contributed by atoms with E-state index in [0.717, 1.165) is 0 Å². The molecule has 0 radical (unpaired) electrons. The molecule has 0 aliphatic carbocycles. The Morgan fingerprint density at radius 2 is 1.74 bits per heavy atom. The van der Waals surface area contributed by atoms with Gasteiger partial charge in [0.25, 0.3) is 5.91 Å². The molecule has 6 heteroatoms. The van der Waals surface area contributed by atoms with Crippen molar-refractivity contribution in [3.8, 4) is 17.6 Å². The maximum Gasteiger partial charge on any atom is 0.342 e. The van der Waals surface area contributed by atoms with Gasteiger partial charge in [0.05, 0.1) is 6.07 Å². The van der Waals surface area contributed by atoms with Crippen molar-refractivity contribution in [3.05, 3.63) is 60.2 Å². The first-order valence-electron chi connectivity index (χ1n) is 8.57. The molecule has 6 nitrogen and oxygen atoms in total. The number of para-hydroxylation sites is 2. The van der Waals surface area contributed by atoms with E-state index in [1.54, 1.807) is 43.3 Å². The Hall–Kier alpha value is -3.33. The number of hydrogen-bond acceptors (Lipinski definition) is 5. The molecule has 0 spiro atoms. The molecule has 2 rings (SSSR count). The van der Waals surface area contributed by atoms with Gasteiger partial charge < -0.3 is 14.8 Å². The molecule has 2 aromatic carbocycles. The molecule has 0 aromatic heterocycles. The van der Waals surface area contributed by atoms with Crippen LogP contribution in [0, 0.1) is 17.2 Å². The number of carbonyl (C=O) groups is 2. The first-order valence-corrected chi connectivity index (χ1v) is 8.57. The van der Waals surface area contributed by atoms with Crippen molar-refractivity contribution in [2.45, 2.75) is 26.3 Å². The van der Waals surface area contributed by atoms with Crippen molar-refractivity contribution in [1.29, 1.82) is 5.26 Å². The molecular weight excluding hydrogens is 344 g/mol. The molecule has 1 N–H and O–H groups in total. The number of hydrogen-bond donors (Lipinski definition) is 1. The fourth-order valence-electron chi connectivity index (χ4n) is 2.18. The third-order valence-electron chi connectivity index (χ3n) is 4.20. The van der Waals surface area contributed by atoms with Crippen molar-refractivity contribution in [2.24, 2.45) is 5.92 Å². The third-order valence-corrected chi connectivity index (χ3v) is 4.20. The second kappa shape index (κ2) is 8.86. The monoisotopic (exact) mass is 366 g/mol. The number of nitrogens with zero attached hydrogens (tertiary/aromatic N) is 1. The van der Waals surface area contributed by atoms with E-state index in [-0.39, 0.29) is 11.5 Å². The van der Waals surface area contributed by atoms with Crippen LogP contribution < -0.4 is 10.1 Å². The minimum absolute atomic E-state index is 0.0952. The van der Waals surface area contributed by atoms with Crippen LogP contribution in [0.4, 0.5) is 0 Å². The van der Waals surface area contributed by atoms with Gasteiger partial charge in [0.1, 0.15) is 22.6 Å². The van der Waals surface area contributed by atoms with Crippen LogP contribution >= 0.6 is 0 Å². The molecule has 0 fully saturated rings. The largest absolute Gasteiger partial charge is 0.456 e. The number of esters is 1. The van der Waals surface area contributed by atoms with Crippen LogP contribution in [-0.2, 0) is 9.53 Å². The minimum Gasteiger partial charge on any atom is -0.456 e. The van der Waals surface area contributed by atoms with Gasteiger partial charge >= 0.3 is 5.97 Å². The van der Waals surface area contributed by atoms with Crippen LogP contribution in [0.3, 0.4) is 0 Å². The Morgan fingerprint density at radius 1 is 1.11 bits per heavy atom. The smallest absolute Gasteiger partial charge is 0.342 e. The van der Waals surface area contributed by atoms with Gasteiger partial charge in [0.15, 0.2) is 6.61 Å². The fraction of sp³-hybridized carbons (Fsp3) is 0.286. The van der Waals surface area contributed by atoms with Crippen LogP contribution in [0.25, 0.3) is 0 Å². The molecule has 2 aromatic rings.